The van der Waals surface area contributed by atoms with Crippen LogP contribution in [0.5, 0.6) is 11.8 Å². The Hall–Kier alpha value is -4.12. The van der Waals surface area contributed by atoms with Gasteiger partial charge >= 0.3 is 0 Å². The molecular weight excluding hydrogens is 522 g/mol. The van der Waals surface area contributed by atoms with Crippen molar-refractivity contribution in [2.45, 2.75) is 45.2 Å². The van der Waals surface area contributed by atoms with Gasteiger partial charge in [-0.15, -0.1) is 0 Å². The second-order valence-corrected chi connectivity index (χ2v) is 11.4. The lowest BCUT2D eigenvalue weighted by Crippen LogP contribution is -2.45. The summed E-state index contributed by atoms with van der Waals surface area (Å²) in [7, 11) is 5.00. The van der Waals surface area contributed by atoms with Crippen molar-refractivity contribution in [3.8, 4) is 23.1 Å². The number of fused-ring (bicyclic) bond motifs is 2. The first-order chi connectivity index (χ1) is 19.7. The number of piperidine rings is 1. The Balaban J connectivity index is 1.41. The number of amides is 2. The SMILES string of the molecule is COc1cc(C(=O)N2CCC[C@@H](N)C2)cc2nc(-c3cc4ccc(OCC(=O)N(C)C)nc4n3CC3CC3)c(C)n12. The summed E-state index contributed by atoms with van der Waals surface area (Å²) >= 11 is 0. The Labute approximate surface area is 238 Å². The van der Waals surface area contributed by atoms with Gasteiger partial charge in [0.1, 0.15) is 17.0 Å². The first-order valence-corrected chi connectivity index (χ1v) is 14.2. The van der Waals surface area contributed by atoms with E-state index in [-0.39, 0.29) is 24.5 Å². The number of imidazole rings is 1. The summed E-state index contributed by atoms with van der Waals surface area (Å²) in [5.41, 5.74) is 10.8. The molecule has 6 rings (SSSR count). The lowest BCUT2D eigenvalue weighted by Gasteiger charge is -2.30. The number of carbonyl (C=O) groups excluding carboxylic acids is 2. The van der Waals surface area contributed by atoms with Crippen LogP contribution in [0.15, 0.2) is 30.3 Å². The van der Waals surface area contributed by atoms with Crippen molar-refractivity contribution in [1.82, 2.24) is 28.7 Å². The van der Waals surface area contributed by atoms with Crippen LogP contribution in [0.2, 0.25) is 0 Å². The van der Waals surface area contributed by atoms with E-state index in [1.807, 2.05) is 28.4 Å². The molecule has 41 heavy (non-hydrogen) atoms. The average Bonchev–Trinajstić information content (AvgIpc) is 3.64. The number of nitrogens with zero attached hydrogens (tertiary/aromatic N) is 6. The number of pyridine rings is 2. The van der Waals surface area contributed by atoms with E-state index < -0.39 is 0 Å². The largest absolute Gasteiger partial charge is 0.482 e. The molecule has 0 radical (unpaired) electrons. The summed E-state index contributed by atoms with van der Waals surface area (Å²) in [5.74, 6) is 1.35. The summed E-state index contributed by atoms with van der Waals surface area (Å²) in [6, 6.07) is 9.48. The number of hydrogen-bond donors (Lipinski definition) is 1. The highest BCUT2D eigenvalue weighted by Gasteiger charge is 2.28. The lowest BCUT2D eigenvalue weighted by atomic mass is 10.1. The number of aryl methyl sites for hydroxylation is 1. The Kier molecular flexibility index (Phi) is 7.06. The first-order valence-electron chi connectivity index (χ1n) is 14.2. The van der Waals surface area contributed by atoms with Gasteiger partial charge in [-0.1, -0.05) is 0 Å². The molecule has 11 nitrogen and oxygen atoms in total. The van der Waals surface area contributed by atoms with Gasteiger partial charge in [-0.25, -0.2) is 4.98 Å². The topological polar surface area (TPSA) is 120 Å². The third-order valence-corrected chi connectivity index (χ3v) is 8.06. The van der Waals surface area contributed by atoms with Gasteiger partial charge in [0, 0.05) is 62.9 Å². The van der Waals surface area contributed by atoms with E-state index in [0.717, 1.165) is 47.5 Å². The molecule has 4 aromatic heterocycles. The molecular formula is C30H37N7O4. The number of methoxy groups -OCH3 is 1. The van der Waals surface area contributed by atoms with Gasteiger partial charge < -0.3 is 29.6 Å². The quantitative estimate of drug-likeness (QED) is 0.352. The van der Waals surface area contributed by atoms with Crippen LogP contribution in [0.25, 0.3) is 28.1 Å². The number of aromatic nitrogens is 4. The monoisotopic (exact) mass is 559 g/mol. The van der Waals surface area contributed by atoms with Gasteiger partial charge in [-0.3, -0.25) is 14.0 Å². The van der Waals surface area contributed by atoms with E-state index >= 15 is 0 Å². The molecule has 1 aliphatic heterocycles. The molecule has 216 valence electrons. The number of rotatable bonds is 8. The molecule has 1 aliphatic carbocycles. The van der Waals surface area contributed by atoms with E-state index in [9.17, 15) is 9.59 Å². The zero-order valence-electron chi connectivity index (χ0n) is 24.1. The van der Waals surface area contributed by atoms with E-state index in [0.29, 0.717) is 42.0 Å². The van der Waals surface area contributed by atoms with Gasteiger partial charge in [0.15, 0.2) is 12.5 Å². The Morgan fingerprint density at radius 3 is 2.63 bits per heavy atom. The first kappa shape index (κ1) is 27.1. The van der Waals surface area contributed by atoms with Crippen LogP contribution >= 0.6 is 0 Å². The molecule has 0 aromatic carbocycles. The molecule has 1 saturated heterocycles. The van der Waals surface area contributed by atoms with Crippen molar-refractivity contribution in [2.75, 3.05) is 40.9 Å². The molecule has 0 bridgehead atoms. The van der Waals surface area contributed by atoms with Crippen molar-refractivity contribution < 1.29 is 19.1 Å². The molecule has 1 saturated carbocycles. The maximum atomic E-state index is 13.4. The van der Waals surface area contributed by atoms with Crippen molar-refractivity contribution >= 4 is 28.5 Å². The molecule has 11 heteroatoms. The second-order valence-electron chi connectivity index (χ2n) is 11.4. The van der Waals surface area contributed by atoms with Crippen LogP contribution in [0.3, 0.4) is 0 Å². The minimum absolute atomic E-state index is 0.0000157. The highest BCUT2D eigenvalue weighted by atomic mass is 16.5. The Bertz CT molecular complexity index is 1640. The zero-order valence-corrected chi connectivity index (χ0v) is 24.1. The standard InChI is InChI=1S/C30H37N7O4/c1-18-28(32-24-13-21(14-27(40-4)37(18)24)30(39)35-11-5-6-22(31)16-35)23-12-20-9-10-25(41-17-26(38)34(2)3)33-29(20)36(23)15-19-7-8-19/h9-10,12-14,19,22H,5-8,11,15-17,31H2,1-4H3/t22-/m1/s1. The van der Waals surface area contributed by atoms with Crippen LogP contribution in [0.1, 0.15) is 41.7 Å². The summed E-state index contributed by atoms with van der Waals surface area (Å²) in [4.78, 5) is 38.6. The maximum Gasteiger partial charge on any atom is 0.260 e. The summed E-state index contributed by atoms with van der Waals surface area (Å²) < 4.78 is 15.6. The fourth-order valence-electron chi connectivity index (χ4n) is 5.56. The highest BCUT2D eigenvalue weighted by molar-refractivity contribution is 5.96. The van der Waals surface area contributed by atoms with Gasteiger partial charge in [0.2, 0.25) is 5.88 Å². The lowest BCUT2D eigenvalue weighted by molar-refractivity contribution is -0.130. The minimum atomic E-state index is -0.129. The number of likely N-dealkylation sites (N-methyl/N-ethyl adjacent to an activating group) is 1. The number of nitrogens with two attached hydrogens (primary N) is 1. The number of carbonyl (C=O) groups is 2. The van der Waals surface area contributed by atoms with E-state index in [1.165, 1.54) is 17.7 Å². The van der Waals surface area contributed by atoms with Gasteiger partial charge in [0.25, 0.3) is 11.8 Å². The summed E-state index contributed by atoms with van der Waals surface area (Å²) in [6.07, 6.45) is 4.18. The van der Waals surface area contributed by atoms with Gasteiger partial charge in [-0.05, 0) is 56.7 Å². The van der Waals surface area contributed by atoms with Crippen LogP contribution < -0.4 is 15.2 Å². The maximum absolute atomic E-state index is 13.4. The van der Waals surface area contributed by atoms with Crippen LogP contribution in [0, 0.1) is 12.8 Å². The third kappa shape index (κ3) is 5.21. The van der Waals surface area contributed by atoms with E-state index in [4.69, 9.17) is 25.2 Å². The minimum Gasteiger partial charge on any atom is -0.482 e. The molecule has 0 unspecified atom stereocenters. The zero-order chi connectivity index (χ0) is 28.8. The average molecular weight is 560 g/mol. The molecule has 2 amide bonds. The molecule has 2 aliphatic rings. The molecule has 4 aromatic rings. The molecule has 2 N–H and O–H groups in total. The predicted molar refractivity (Wildman–Crippen MR) is 155 cm³/mol. The van der Waals surface area contributed by atoms with Gasteiger partial charge in [-0.2, -0.15) is 4.98 Å². The van der Waals surface area contributed by atoms with Gasteiger partial charge in [0.05, 0.1) is 18.5 Å². The second kappa shape index (κ2) is 10.7. The van der Waals surface area contributed by atoms with Crippen LogP contribution in [-0.2, 0) is 11.3 Å². The van der Waals surface area contributed by atoms with Crippen molar-refractivity contribution in [3.63, 3.8) is 0 Å². The van der Waals surface area contributed by atoms with E-state index in [1.54, 1.807) is 33.3 Å². The molecule has 0 spiro atoms. The Morgan fingerprint density at radius 1 is 1.12 bits per heavy atom. The smallest absolute Gasteiger partial charge is 0.260 e. The molecule has 1 atom stereocenters. The fraction of sp³-hybridized carbons (Fsp3) is 0.467. The fourth-order valence-corrected chi connectivity index (χ4v) is 5.56. The van der Waals surface area contributed by atoms with E-state index in [2.05, 4.69) is 10.6 Å². The van der Waals surface area contributed by atoms with Crippen molar-refractivity contribution in [2.24, 2.45) is 11.7 Å². The van der Waals surface area contributed by atoms with Crippen molar-refractivity contribution in [1.29, 1.82) is 0 Å². The number of hydrogen-bond acceptors (Lipinski definition) is 7. The summed E-state index contributed by atoms with van der Waals surface area (Å²) in [6.45, 7) is 4.00. The van der Waals surface area contributed by atoms with Crippen LogP contribution in [-0.4, -0.2) is 87.5 Å². The number of likely N-dealkylation sites (tertiary alicyclic amines) is 1. The van der Waals surface area contributed by atoms with Crippen molar-refractivity contribution in [3.05, 3.63) is 41.6 Å². The Morgan fingerprint density at radius 2 is 1.93 bits per heavy atom. The normalized spacial score (nSPS) is 17.3. The third-order valence-electron chi connectivity index (χ3n) is 8.06. The number of ether oxygens (including phenoxy) is 2. The predicted octanol–water partition coefficient (Wildman–Crippen LogP) is 3.11. The molecule has 5 heterocycles. The summed E-state index contributed by atoms with van der Waals surface area (Å²) in [5, 5.41) is 0.965. The molecule has 2 fully saturated rings. The highest BCUT2D eigenvalue weighted by Crippen LogP contribution is 2.37. The van der Waals surface area contributed by atoms with Crippen LogP contribution in [0.4, 0.5) is 0 Å².